The maximum Gasteiger partial charge on any atom is 0.421 e. The second kappa shape index (κ2) is 7.11. The van der Waals surface area contributed by atoms with Gasteiger partial charge >= 0.3 is 6.09 Å². The number of carbonyl (C=O) groups is 2. The van der Waals surface area contributed by atoms with E-state index in [2.05, 4.69) is 15.9 Å². The molecule has 2 rings (SSSR count). The monoisotopic (exact) mass is 449 g/mol. The van der Waals surface area contributed by atoms with Crippen LogP contribution < -0.4 is 0 Å². The molecule has 0 bridgehead atoms. The van der Waals surface area contributed by atoms with E-state index < -0.39 is 27.7 Å². The Kier molecular flexibility index (Phi) is 5.50. The number of ketones is 1. The van der Waals surface area contributed by atoms with Crippen molar-refractivity contribution in [1.29, 1.82) is 0 Å². The molecule has 2 aromatic carbocycles. The zero-order valence-electron chi connectivity index (χ0n) is 12.5. The quantitative estimate of drug-likeness (QED) is 0.716. The van der Waals surface area contributed by atoms with Crippen molar-refractivity contribution in [3.05, 3.63) is 62.8 Å². The van der Waals surface area contributed by atoms with Gasteiger partial charge in [0.15, 0.2) is 5.78 Å². The molecule has 0 aromatic heterocycles. The minimum absolute atomic E-state index is 0.0435. The second-order valence-electron chi connectivity index (χ2n) is 4.85. The first-order valence-corrected chi connectivity index (χ1v) is 9.18. The lowest BCUT2D eigenvalue weighted by Crippen LogP contribution is -2.31. The molecule has 6 nitrogen and oxygen atoms in total. The maximum atomic E-state index is 13.1. The van der Waals surface area contributed by atoms with E-state index in [9.17, 15) is 22.4 Å². The Balaban J connectivity index is 2.47. The Morgan fingerprint density at radius 1 is 1.16 bits per heavy atom. The number of benzene rings is 2. The summed E-state index contributed by atoms with van der Waals surface area (Å²) in [4.78, 5) is 23.1. The van der Waals surface area contributed by atoms with Crippen molar-refractivity contribution in [3.63, 3.8) is 0 Å². The van der Waals surface area contributed by atoms with Crippen LogP contribution in [0.1, 0.15) is 15.9 Å². The van der Waals surface area contributed by atoms with E-state index in [0.717, 1.165) is 31.3 Å². The Labute approximate surface area is 156 Å². The van der Waals surface area contributed by atoms with Gasteiger partial charge in [0.2, 0.25) is 0 Å². The third kappa shape index (κ3) is 3.83. The largest absolute Gasteiger partial charge is 0.464 e. The minimum Gasteiger partial charge on any atom is -0.464 e. The first-order valence-electron chi connectivity index (χ1n) is 6.57. The van der Waals surface area contributed by atoms with Crippen molar-refractivity contribution in [3.8, 4) is 0 Å². The smallest absolute Gasteiger partial charge is 0.421 e. The summed E-state index contributed by atoms with van der Waals surface area (Å²) < 4.78 is 37.7. The first-order chi connectivity index (χ1) is 11.6. The van der Waals surface area contributed by atoms with Crippen molar-refractivity contribution in [2.24, 2.45) is 0 Å². The number of halogens is 3. The van der Waals surface area contributed by atoms with Gasteiger partial charge in [0.1, 0.15) is 5.82 Å². The molecule has 1 N–H and O–H groups in total. The highest BCUT2D eigenvalue weighted by molar-refractivity contribution is 9.10. The lowest BCUT2D eigenvalue weighted by molar-refractivity contribution is 0.103. The van der Waals surface area contributed by atoms with Crippen molar-refractivity contribution in [2.45, 2.75) is 4.90 Å². The summed E-state index contributed by atoms with van der Waals surface area (Å²) in [6.07, 6.45) is -1.64. The van der Waals surface area contributed by atoms with E-state index in [-0.39, 0.29) is 29.8 Å². The van der Waals surface area contributed by atoms with Crippen LogP contribution in [0.5, 0.6) is 0 Å². The third-order valence-electron chi connectivity index (χ3n) is 3.29. The molecule has 0 fully saturated rings. The molecular formula is C15H10BrClFNO5S. The molecule has 0 unspecified atom stereocenters. The standard InChI is InChI=1S/C15H10BrClFNO5S/c1-19(15(21)22)25(23,24)9-3-5-10(12(16)7-9)14(20)11-4-2-8(18)6-13(11)17/h2-7H,1H3,(H,21,22). The van der Waals surface area contributed by atoms with Gasteiger partial charge < -0.3 is 5.11 Å². The van der Waals surface area contributed by atoms with Gasteiger partial charge in [-0.1, -0.05) is 11.6 Å². The Morgan fingerprint density at radius 2 is 1.76 bits per heavy atom. The molecule has 10 heteroatoms. The van der Waals surface area contributed by atoms with Gasteiger partial charge in [-0.25, -0.2) is 21.9 Å². The Bertz CT molecular complexity index is 980. The molecular weight excluding hydrogens is 441 g/mol. The topological polar surface area (TPSA) is 91.8 Å². The van der Waals surface area contributed by atoms with Crippen LogP contribution in [0, 0.1) is 5.82 Å². The highest BCUT2D eigenvalue weighted by atomic mass is 79.9. The molecule has 25 heavy (non-hydrogen) atoms. The molecule has 0 saturated carbocycles. The van der Waals surface area contributed by atoms with Gasteiger partial charge in [-0.2, -0.15) is 0 Å². The summed E-state index contributed by atoms with van der Waals surface area (Å²) in [7, 11) is -3.37. The molecule has 0 saturated heterocycles. The number of amides is 1. The molecule has 0 aliphatic heterocycles. The number of nitrogens with zero attached hydrogens (tertiary/aromatic N) is 1. The predicted octanol–water partition coefficient (Wildman–Crippen LogP) is 3.77. The highest BCUT2D eigenvalue weighted by Crippen LogP contribution is 2.28. The van der Waals surface area contributed by atoms with Crippen LogP contribution in [-0.4, -0.2) is 36.8 Å². The van der Waals surface area contributed by atoms with Crippen molar-refractivity contribution in [1.82, 2.24) is 4.31 Å². The van der Waals surface area contributed by atoms with Gasteiger partial charge in [0, 0.05) is 22.6 Å². The number of hydrogen-bond acceptors (Lipinski definition) is 4. The number of sulfonamides is 1. The van der Waals surface area contributed by atoms with Gasteiger partial charge in [0.25, 0.3) is 10.0 Å². The molecule has 2 aromatic rings. The van der Waals surface area contributed by atoms with Crippen LogP contribution in [0.4, 0.5) is 9.18 Å². The fourth-order valence-electron chi connectivity index (χ4n) is 1.92. The van der Waals surface area contributed by atoms with Crippen molar-refractivity contribution in [2.75, 3.05) is 7.05 Å². The molecule has 0 aliphatic carbocycles. The average Bonchev–Trinajstić information content (AvgIpc) is 2.53. The van der Waals surface area contributed by atoms with E-state index in [1.165, 1.54) is 12.1 Å². The predicted molar refractivity (Wildman–Crippen MR) is 92.0 cm³/mol. The molecule has 0 radical (unpaired) electrons. The van der Waals surface area contributed by atoms with E-state index in [0.29, 0.717) is 0 Å². The summed E-state index contributed by atoms with van der Waals surface area (Å²) >= 11 is 8.96. The van der Waals surface area contributed by atoms with Gasteiger partial charge in [-0.05, 0) is 52.3 Å². The third-order valence-corrected chi connectivity index (χ3v) is 5.98. The number of rotatable bonds is 4. The Morgan fingerprint density at radius 3 is 2.28 bits per heavy atom. The van der Waals surface area contributed by atoms with Crippen LogP contribution in [0.3, 0.4) is 0 Å². The van der Waals surface area contributed by atoms with E-state index in [1.54, 1.807) is 0 Å². The van der Waals surface area contributed by atoms with Crippen molar-refractivity contribution < 1.29 is 27.5 Å². The van der Waals surface area contributed by atoms with Crippen LogP contribution >= 0.6 is 27.5 Å². The van der Waals surface area contributed by atoms with Crippen LogP contribution in [0.25, 0.3) is 0 Å². The molecule has 0 aliphatic rings. The summed E-state index contributed by atoms with van der Waals surface area (Å²) in [5.41, 5.74) is 0.132. The first kappa shape index (κ1) is 19.4. The Hall–Kier alpha value is -1.97. The van der Waals surface area contributed by atoms with Crippen LogP contribution in [-0.2, 0) is 10.0 Å². The summed E-state index contributed by atoms with van der Waals surface area (Å²) in [6.45, 7) is 0. The zero-order chi connectivity index (χ0) is 18.9. The molecule has 0 heterocycles. The maximum absolute atomic E-state index is 13.1. The van der Waals surface area contributed by atoms with E-state index in [1.807, 2.05) is 0 Å². The SMILES string of the molecule is CN(C(=O)O)S(=O)(=O)c1ccc(C(=O)c2ccc(F)cc2Cl)c(Br)c1. The van der Waals surface area contributed by atoms with Crippen molar-refractivity contribution >= 4 is 49.4 Å². The van der Waals surface area contributed by atoms with Gasteiger partial charge in [0.05, 0.1) is 9.92 Å². The summed E-state index contributed by atoms with van der Waals surface area (Å²) in [6, 6.07) is 6.71. The molecule has 132 valence electrons. The normalized spacial score (nSPS) is 11.2. The zero-order valence-corrected chi connectivity index (χ0v) is 15.7. The fraction of sp³-hybridized carbons (Fsp3) is 0.0667. The molecule has 0 atom stereocenters. The number of carbonyl (C=O) groups excluding carboxylic acids is 1. The van der Waals surface area contributed by atoms with Crippen LogP contribution in [0.2, 0.25) is 5.02 Å². The number of hydrogen-bond donors (Lipinski definition) is 1. The molecule has 1 amide bonds. The average molecular weight is 451 g/mol. The van der Waals surface area contributed by atoms with E-state index in [4.69, 9.17) is 16.7 Å². The highest BCUT2D eigenvalue weighted by Gasteiger charge is 2.26. The fourth-order valence-corrected chi connectivity index (χ4v) is 3.91. The van der Waals surface area contributed by atoms with Gasteiger partial charge in [-0.3, -0.25) is 4.79 Å². The second-order valence-corrected chi connectivity index (χ2v) is 8.08. The lowest BCUT2D eigenvalue weighted by atomic mass is 10.0. The van der Waals surface area contributed by atoms with Crippen LogP contribution in [0.15, 0.2) is 45.8 Å². The number of carboxylic acid groups (broad SMARTS) is 1. The summed E-state index contributed by atoms with van der Waals surface area (Å²) in [5, 5.41) is 8.74. The van der Waals surface area contributed by atoms with E-state index >= 15 is 0 Å². The van der Waals surface area contributed by atoms with Gasteiger partial charge in [-0.15, -0.1) is 0 Å². The lowest BCUT2D eigenvalue weighted by Gasteiger charge is -2.14. The minimum atomic E-state index is -4.26. The summed E-state index contributed by atoms with van der Waals surface area (Å²) in [5.74, 6) is -1.15. The molecule has 0 spiro atoms.